The first kappa shape index (κ1) is 10.9. The van der Waals surface area contributed by atoms with E-state index in [4.69, 9.17) is 5.73 Å². The molecule has 0 amide bonds. The minimum atomic E-state index is 0.571. The molecule has 3 heteroatoms. The highest BCUT2D eigenvalue weighted by Crippen LogP contribution is 2.34. The van der Waals surface area contributed by atoms with Gasteiger partial charge in [-0.05, 0) is 52.0 Å². The summed E-state index contributed by atoms with van der Waals surface area (Å²) in [6.45, 7) is 5.34. The second kappa shape index (κ2) is 4.52. The van der Waals surface area contributed by atoms with Gasteiger partial charge in [0.1, 0.15) is 0 Å². The van der Waals surface area contributed by atoms with Crippen molar-refractivity contribution in [3.63, 3.8) is 0 Å². The first-order valence-electron chi connectivity index (χ1n) is 6.23. The first-order chi connectivity index (χ1) is 7.22. The Labute approximate surface area is 92.7 Å². The van der Waals surface area contributed by atoms with E-state index in [2.05, 4.69) is 30.1 Å². The molecule has 86 valence electrons. The van der Waals surface area contributed by atoms with Crippen molar-refractivity contribution in [2.75, 3.05) is 6.54 Å². The summed E-state index contributed by atoms with van der Waals surface area (Å²) in [6, 6.07) is 1.82. The van der Waals surface area contributed by atoms with Crippen molar-refractivity contribution >= 4 is 6.34 Å². The molecule has 1 saturated carbocycles. The molecule has 0 bridgehead atoms. The van der Waals surface area contributed by atoms with E-state index in [1.807, 2.05) is 0 Å². The van der Waals surface area contributed by atoms with Crippen LogP contribution in [0.5, 0.6) is 0 Å². The minimum Gasteiger partial charge on any atom is -0.355 e. The predicted molar refractivity (Wildman–Crippen MR) is 64.1 cm³/mol. The van der Waals surface area contributed by atoms with Gasteiger partial charge in [-0.2, -0.15) is 0 Å². The summed E-state index contributed by atoms with van der Waals surface area (Å²) >= 11 is 0. The zero-order valence-electron chi connectivity index (χ0n) is 9.89. The summed E-state index contributed by atoms with van der Waals surface area (Å²) in [6.07, 6.45) is 7.14. The van der Waals surface area contributed by atoms with E-state index in [9.17, 15) is 0 Å². The van der Waals surface area contributed by atoms with Gasteiger partial charge in [0.15, 0.2) is 0 Å². The van der Waals surface area contributed by atoms with Gasteiger partial charge in [0.25, 0.3) is 0 Å². The molecular weight excluding hydrogens is 186 g/mol. The van der Waals surface area contributed by atoms with Crippen LogP contribution in [0, 0.1) is 5.92 Å². The second-order valence-corrected chi connectivity index (χ2v) is 5.20. The summed E-state index contributed by atoms with van der Waals surface area (Å²) < 4.78 is 0. The predicted octanol–water partition coefficient (Wildman–Crippen LogP) is 1.62. The Morgan fingerprint density at radius 3 is 2.93 bits per heavy atom. The average molecular weight is 209 g/mol. The standard InChI is InChI=1S/C12H23N3/c1-9(2)15-8-14-11-4-3-10(5-6-13)7-12(11)15/h8-12H,3-7,13H2,1-2H3. The molecule has 3 nitrogen and oxygen atoms in total. The summed E-state index contributed by atoms with van der Waals surface area (Å²) in [5, 5.41) is 0. The lowest BCUT2D eigenvalue weighted by atomic mass is 9.80. The molecule has 2 aliphatic rings. The maximum atomic E-state index is 5.65. The average Bonchev–Trinajstić information content (AvgIpc) is 2.61. The van der Waals surface area contributed by atoms with Crippen molar-refractivity contribution in [1.29, 1.82) is 0 Å². The van der Waals surface area contributed by atoms with Crippen LogP contribution < -0.4 is 5.73 Å². The zero-order chi connectivity index (χ0) is 10.8. The molecule has 1 heterocycles. The van der Waals surface area contributed by atoms with Crippen LogP contribution in [0.15, 0.2) is 4.99 Å². The van der Waals surface area contributed by atoms with Crippen LogP contribution >= 0.6 is 0 Å². The Bertz CT molecular complexity index is 237. The third-order valence-corrected chi connectivity index (χ3v) is 3.84. The van der Waals surface area contributed by atoms with Crippen molar-refractivity contribution in [2.24, 2.45) is 16.6 Å². The topological polar surface area (TPSA) is 41.6 Å². The van der Waals surface area contributed by atoms with E-state index < -0.39 is 0 Å². The number of rotatable bonds is 3. The highest BCUT2D eigenvalue weighted by molar-refractivity contribution is 5.59. The molecule has 0 aromatic carbocycles. The van der Waals surface area contributed by atoms with Gasteiger partial charge in [0, 0.05) is 6.04 Å². The molecule has 2 rings (SSSR count). The van der Waals surface area contributed by atoms with Gasteiger partial charge in [0.2, 0.25) is 0 Å². The van der Waals surface area contributed by atoms with Gasteiger partial charge < -0.3 is 10.6 Å². The Morgan fingerprint density at radius 2 is 2.27 bits per heavy atom. The molecule has 0 saturated heterocycles. The third-order valence-electron chi connectivity index (χ3n) is 3.84. The lowest BCUT2D eigenvalue weighted by Crippen LogP contribution is -2.44. The van der Waals surface area contributed by atoms with E-state index in [1.165, 1.54) is 25.7 Å². The van der Waals surface area contributed by atoms with Gasteiger partial charge >= 0.3 is 0 Å². The van der Waals surface area contributed by atoms with Crippen molar-refractivity contribution in [2.45, 2.75) is 57.7 Å². The van der Waals surface area contributed by atoms with Crippen molar-refractivity contribution in [3.8, 4) is 0 Å². The Balaban J connectivity index is 1.97. The van der Waals surface area contributed by atoms with Crippen LogP contribution in [0.25, 0.3) is 0 Å². The van der Waals surface area contributed by atoms with Gasteiger partial charge in [-0.3, -0.25) is 4.99 Å². The summed E-state index contributed by atoms with van der Waals surface area (Å²) in [4.78, 5) is 7.06. The van der Waals surface area contributed by atoms with Gasteiger partial charge in [-0.25, -0.2) is 0 Å². The Kier molecular flexibility index (Phi) is 3.29. The fourth-order valence-electron chi connectivity index (χ4n) is 2.97. The fraction of sp³-hybridized carbons (Fsp3) is 0.917. The number of aliphatic imine (C=N–C) groups is 1. The molecule has 1 aliphatic carbocycles. The van der Waals surface area contributed by atoms with Crippen molar-refractivity contribution in [1.82, 2.24) is 4.90 Å². The van der Waals surface area contributed by atoms with Crippen LogP contribution in [0.3, 0.4) is 0 Å². The molecule has 0 aromatic rings. The minimum absolute atomic E-state index is 0.571. The smallest absolute Gasteiger partial charge is 0.0859 e. The lowest BCUT2D eigenvalue weighted by molar-refractivity contribution is 0.173. The Morgan fingerprint density at radius 1 is 1.47 bits per heavy atom. The summed E-state index contributed by atoms with van der Waals surface area (Å²) in [7, 11) is 0. The van der Waals surface area contributed by atoms with Gasteiger partial charge in [-0.1, -0.05) is 0 Å². The molecular formula is C12H23N3. The van der Waals surface area contributed by atoms with Crippen molar-refractivity contribution in [3.05, 3.63) is 0 Å². The van der Waals surface area contributed by atoms with E-state index >= 15 is 0 Å². The SMILES string of the molecule is CC(C)N1C=NC2CCC(CCN)CC21. The fourth-order valence-corrected chi connectivity index (χ4v) is 2.97. The van der Waals surface area contributed by atoms with Crippen LogP contribution in [-0.2, 0) is 0 Å². The van der Waals surface area contributed by atoms with E-state index in [0.717, 1.165) is 12.5 Å². The lowest BCUT2D eigenvalue weighted by Gasteiger charge is -2.37. The molecule has 0 aromatic heterocycles. The maximum Gasteiger partial charge on any atom is 0.0859 e. The van der Waals surface area contributed by atoms with Crippen LogP contribution in [0.1, 0.15) is 39.5 Å². The van der Waals surface area contributed by atoms with Crippen molar-refractivity contribution < 1.29 is 0 Å². The van der Waals surface area contributed by atoms with Crippen LogP contribution in [0.4, 0.5) is 0 Å². The molecule has 1 aliphatic heterocycles. The quantitative estimate of drug-likeness (QED) is 0.767. The number of nitrogens with two attached hydrogens (primary N) is 1. The molecule has 1 fully saturated rings. The number of fused-ring (bicyclic) bond motifs is 1. The van der Waals surface area contributed by atoms with Crippen LogP contribution in [-0.4, -0.2) is 35.9 Å². The molecule has 15 heavy (non-hydrogen) atoms. The molecule has 3 atom stereocenters. The maximum absolute atomic E-state index is 5.65. The zero-order valence-corrected chi connectivity index (χ0v) is 9.89. The monoisotopic (exact) mass is 209 g/mol. The number of hydrogen-bond donors (Lipinski definition) is 1. The summed E-state index contributed by atoms with van der Waals surface area (Å²) in [5.41, 5.74) is 5.65. The highest BCUT2D eigenvalue weighted by Gasteiger charge is 2.37. The molecule has 0 spiro atoms. The molecule has 3 unspecified atom stereocenters. The highest BCUT2D eigenvalue weighted by atomic mass is 15.3. The first-order valence-corrected chi connectivity index (χ1v) is 6.23. The molecule has 2 N–H and O–H groups in total. The third kappa shape index (κ3) is 2.17. The van der Waals surface area contributed by atoms with E-state index in [0.29, 0.717) is 18.1 Å². The summed E-state index contributed by atoms with van der Waals surface area (Å²) in [5.74, 6) is 0.833. The van der Waals surface area contributed by atoms with E-state index in [-0.39, 0.29) is 0 Å². The molecule has 0 radical (unpaired) electrons. The van der Waals surface area contributed by atoms with Gasteiger partial charge in [0.05, 0.1) is 18.4 Å². The largest absolute Gasteiger partial charge is 0.355 e. The Hall–Kier alpha value is -0.570. The normalized spacial score (nSPS) is 34.9. The number of hydrogen-bond acceptors (Lipinski definition) is 3. The second-order valence-electron chi connectivity index (χ2n) is 5.20. The van der Waals surface area contributed by atoms with Gasteiger partial charge in [-0.15, -0.1) is 0 Å². The number of nitrogens with zero attached hydrogens (tertiary/aromatic N) is 2. The van der Waals surface area contributed by atoms with E-state index in [1.54, 1.807) is 0 Å². The van der Waals surface area contributed by atoms with Crippen LogP contribution in [0.2, 0.25) is 0 Å².